The van der Waals surface area contributed by atoms with Crippen molar-refractivity contribution >= 4 is 0 Å². The van der Waals surface area contributed by atoms with Crippen LogP contribution in [0.25, 0.3) is 0 Å². The summed E-state index contributed by atoms with van der Waals surface area (Å²) in [5.41, 5.74) is 0. The molecule has 0 aromatic carbocycles. The molecule has 0 rings (SSSR count). The Kier molecular flexibility index (Phi) is 3.82. The number of nitrogens with zero attached hydrogens (tertiary/aromatic N) is 1. The fourth-order valence-electron chi connectivity index (χ4n) is 0.454. The Labute approximate surface area is 57.8 Å². The van der Waals surface area contributed by atoms with E-state index in [1.165, 1.54) is 0 Å². The van der Waals surface area contributed by atoms with Gasteiger partial charge in [0.25, 0.3) is 0 Å². The zero-order valence-electron chi connectivity index (χ0n) is 7.01. The predicted octanol–water partition coefficient (Wildman–Crippen LogP) is 1.67. The van der Waals surface area contributed by atoms with Crippen molar-refractivity contribution < 1.29 is 4.84 Å². The minimum absolute atomic E-state index is 0.289. The highest BCUT2D eigenvalue weighted by molar-refractivity contribution is 4.45. The molecule has 56 valence electrons. The molecule has 9 heavy (non-hydrogen) atoms. The van der Waals surface area contributed by atoms with Gasteiger partial charge in [-0.3, -0.25) is 4.84 Å². The lowest BCUT2D eigenvalue weighted by molar-refractivity contribution is -0.188. The average Bonchev–Trinajstić information content (AvgIpc) is 1.63. The number of hydrogen-bond donors (Lipinski definition) is 0. The average molecular weight is 131 g/mol. The first kappa shape index (κ1) is 8.92. The number of rotatable bonds is 3. The van der Waals surface area contributed by atoms with Crippen LogP contribution >= 0.6 is 0 Å². The van der Waals surface area contributed by atoms with Gasteiger partial charge >= 0.3 is 0 Å². The van der Waals surface area contributed by atoms with Crippen molar-refractivity contribution in [2.24, 2.45) is 0 Å². The Balaban J connectivity index is 3.38. The second kappa shape index (κ2) is 3.85. The van der Waals surface area contributed by atoms with Crippen molar-refractivity contribution in [1.29, 1.82) is 0 Å². The Bertz CT molecular complexity index is 71.3. The molecular formula is C7H17NO. The molecule has 0 bridgehead atoms. The van der Waals surface area contributed by atoms with Crippen LogP contribution in [-0.2, 0) is 4.84 Å². The fraction of sp³-hybridized carbons (Fsp3) is 1.00. The summed E-state index contributed by atoms with van der Waals surface area (Å²) in [6, 6.07) is 0.465. The van der Waals surface area contributed by atoms with Gasteiger partial charge in [0.1, 0.15) is 0 Å². The van der Waals surface area contributed by atoms with Gasteiger partial charge in [-0.2, -0.15) is 5.06 Å². The van der Waals surface area contributed by atoms with E-state index in [1.54, 1.807) is 0 Å². The normalized spacial score (nSPS) is 12.0. The van der Waals surface area contributed by atoms with Crippen LogP contribution in [0.1, 0.15) is 27.7 Å². The Morgan fingerprint density at radius 1 is 1.11 bits per heavy atom. The molecule has 0 aromatic heterocycles. The van der Waals surface area contributed by atoms with Crippen LogP contribution in [0.4, 0.5) is 0 Å². The van der Waals surface area contributed by atoms with Crippen LogP contribution in [0.15, 0.2) is 0 Å². The molecule has 0 spiro atoms. The molecule has 0 heterocycles. The Morgan fingerprint density at radius 2 is 1.56 bits per heavy atom. The third-order valence-electron chi connectivity index (χ3n) is 1.10. The molecule has 0 saturated carbocycles. The van der Waals surface area contributed by atoms with Crippen LogP contribution in [0.5, 0.6) is 0 Å². The summed E-state index contributed by atoms with van der Waals surface area (Å²) in [6.45, 7) is 8.25. The van der Waals surface area contributed by atoms with E-state index in [0.717, 1.165) is 0 Å². The van der Waals surface area contributed by atoms with Gasteiger partial charge in [0.05, 0.1) is 6.10 Å². The molecule has 0 aliphatic rings. The van der Waals surface area contributed by atoms with Crippen molar-refractivity contribution in [2.75, 3.05) is 7.05 Å². The van der Waals surface area contributed by atoms with E-state index in [-0.39, 0.29) is 6.10 Å². The van der Waals surface area contributed by atoms with Crippen LogP contribution in [-0.4, -0.2) is 24.3 Å². The van der Waals surface area contributed by atoms with Crippen molar-refractivity contribution in [3.05, 3.63) is 0 Å². The van der Waals surface area contributed by atoms with Gasteiger partial charge in [-0.15, -0.1) is 0 Å². The van der Waals surface area contributed by atoms with Gasteiger partial charge in [0, 0.05) is 13.1 Å². The quantitative estimate of drug-likeness (QED) is 0.540. The van der Waals surface area contributed by atoms with Crippen molar-refractivity contribution in [2.45, 2.75) is 39.8 Å². The topological polar surface area (TPSA) is 12.5 Å². The minimum Gasteiger partial charge on any atom is -0.296 e. The minimum atomic E-state index is 0.289. The summed E-state index contributed by atoms with van der Waals surface area (Å²) >= 11 is 0. The molecule has 0 N–H and O–H groups in total. The fourth-order valence-corrected chi connectivity index (χ4v) is 0.454. The monoisotopic (exact) mass is 131 g/mol. The lowest BCUT2D eigenvalue weighted by Crippen LogP contribution is -2.29. The van der Waals surface area contributed by atoms with Crippen LogP contribution in [0.2, 0.25) is 0 Å². The molecule has 2 nitrogen and oxygen atoms in total. The molecule has 0 atom stereocenters. The van der Waals surface area contributed by atoms with Crippen molar-refractivity contribution in [1.82, 2.24) is 5.06 Å². The van der Waals surface area contributed by atoms with Crippen molar-refractivity contribution in [3.63, 3.8) is 0 Å². The number of hydrogen-bond acceptors (Lipinski definition) is 2. The van der Waals surface area contributed by atoms with Gasteiger partial charge in [0.2, 0.25) is 0 Å². The highest BCUT2D eigenvalue weighted by Gasteiger charge is 2.03. The zero-order valence-corrected chi connectivity index (χ0v) is 7.01. The van der Waals surface area contributed by atoms with Gasteiger partial charge in [-0.25, -0.2) is 0 Å². The van der Waals surface area contributed by atoms with E-state index in [9.17, 15) is 0 Å². The third kappa shape index (κ3) is 4.43. The first-order chi connectivity index (χ1) is 4.04. The molecule has 0 amide bonds. The van der Waals surface area contributed by atoms with Gasteiger partial charge in [-0.05, 0) is 27.7 Å². The van der Waals surface area contributed by atoms with E-state index in [1.807, 2.05) is 26.0 Å². The van der Waals surface area contributed by atoms with Crippen LogP contribution in [0, 0.1) is 0 Å². The van der Waals surface area contributed by atoms with E-state index in [2.05, 4.69) is 13.8 Å². The molecule has 0 radical (unpaired) electrons. The summed E-state index contributed by atoms with van der Waals surface area (Å²) in [4.78, 5) is 5.34. The summed E-state index contributed by atoms with van der Waals surface area (Å²) in [6.07, 6.45) is 0.289. The smallest absolute Gasteiger partial charge is 0.0737 e. The maximum absolute atomic E-state index is 5.34. The lowest BCUT2D eigenvalue weighted by Gasteiger charge is -2.22. The van der Waals surface area contributed by atoms with E-state index in [0.29, 0.717) is 6.04 Å². The molecule has 0 unspecified atom stereocenters. The molecule has 0 aromatic rings. The van der Waals surface area contributed by atoms with E-state index >= 15 is 0 Å². The molecule has 0 fully saturated rings. The first-order valence-corrected chi connectivity index (χ1v) is 3.43. The Hall–Kier alpha value is -0.0800. The molecule has 0 saturated heterocycles. The summed E-state index contributed by atoms with van der Waals surface area (Å²) in [7, 11) is 1.95. The predicted molar refractivity (Wildman–Crippen MR) is 39.1 cm³/mol. The van der Waals surface area contributed by atoms with Gasteiger partial charge in [0.15, 0.2) is 0 Å². The maximum atomic E-state index is 5.34. The van der Waals surface area contributed by atoms with Crippen LogP contribution < -0.4 is 0 Å². The molecular weight excluding hydrogens is 114 g/mol. The van der Waals surface area contributed by atoms with E-state index < -0.39 is 0 Å². The zero-order chi connectivity index (χ0) is 7.44. The van der Waals surface area contributed by atoms with Crippen molar-refractivity contribution in [3.8, 4) is 0 Å². The van der Waals surface area contributed by atoms with E-state index in [4.69, 9.17) is 4.84 Å². The number of hydroxylamine groups is 2. The molecule has 0 aliphatic carbocycles. The SMILES string of the molecule is CC(C)ON(C)C(C)C. The standard InChI is InChI=1S/C7H17NO/c1-6(2)8(5)9-7(3)4/h6-7H,1-5H3. The summed E-state index contributed by atoms with van der Waals surface area (Å²) in [5.74, 6) is 0. The van der Waals surface area contributed by atoms with Gasteiger partial charge in [-0.1, -0.05) is 0 Å². The molecule has 2 heteroatoms. The highest BCUT2D eigenvalue weighted by atomic mass is 16.7. The first-order valence-electron chi connectivity index (χ1n) is 3.43. The summed E-state index contributed by atoms with van der Waals surface area (Å²) in [5, 5.41) is 1.87. The largest absolute Gasteiger partial charge is 0.296 e. The highest BCUT2D eigenvalue weighted by Crippen LogP contribution is 1.97. The maximum Gasteiger partial charge on any atom is 0.0737 e. The second-order valence-electron chi connectivity index (χ2n) is 2.79. The second-order valence-corrected chi connectivity index (χ2v) is 2.79. The Morgan fingerprint density at radius 3 is 1.67 bits per heavy atom. The van der Waals surface area contributed by atoms with Crippen LogP contribution in [0.3, 0.4) is 0 Å². The third-order valence-corrected chi connectivity index (χ3v) is 1.10. The summed E-state index contributed by atoms with van der Waals surface area (Å²) < 4.78 is 0. The van der Waals surface area contributed by atoms with Gasteiger partial charge < -0.3 is 0 Å². The lowest BCUT2D eigenvalue weighted by atomic mass is 10.4. The molecule has 0 aliphatic heterocycles.